The summed E-state index contributed by atoms with van der Waals surface area (Å²) < 4.78 is 5.75. The van der Waals surface area contributed by atoms with Crippen molar-refractivity contribution in [3.63, 3.8) is 0 Å². The standard InChI is InChI=1S/C18H20ClN3O4S/c1-26-18(25)15(9-10-27-2)20-16(23)11-22-17(24)8-7-14(21-22)12-5-3-4-6-13(12)19/h3-8,15H,9-11H2,1-2H3,(H,20,23)/t15-/m1/s1. The Labute approximate surface area is 166 Å². The first-order chi connectivity index (χ1) is 13.0. The number of ether oxygens (including phenoxy) is 1. The molecule has 0 fully saturated rings. The van der Waals surface area contributed by atoms with E-state index < -0.39 is 23.5 Å². The summed E-state index contributed by atoms with van der Waals surface area (Å²) in [7, 11) is 1.26. The third-order valence-electron chi connectivity index (χ3n) is 3.74. The first-order valence-electron chi connectivity index (χ1n) is 8.15. The van der Waals surface area contributed by atoms with Crippen molar-refractivity contribution in [3.8, 4) is 11.3 Å². The van der Waals surface area contributed by atoms with Crippen molar-refractivity contribution in [1.29, 1.82) is 0 Å². The van der Waals surface area contributed by atoms with Crippen molar-refractivity contribution < 1.29 is 14.3 Å². The summed E-state index contributed by atoms with van der Waals surface area (Å²) in [6.07, 6.45) is 2.33. The van der Waals surface area contributed by atoms with Gasteiger partial charge in [0.1, 0.15) is 12.6 Å². The zero-order valence-electron chi connectivity index (χ0n) is 15.0. The van der Waals surface area contributed by atoms with E-state index in [0.29, 0.717) is 28.5 Å². The third kappa shape index (κ3) is 5.83. The molecule has 144 valence electrons. The number of benzene rings is 1. The number of rotatable bonds is 8. The Hall–Kier alpha value is -2.32. The van der Waals surface area contributed by atoms with Crippen molar-refractivity contribution in [1.82, 2.24) is 15.1 Å². The third-order valence-corrected chi connectivity index (χ3v) is 4.71. The molecule has 1 aromatic carbocycles. The van der Waals surface area contributed by atoms with Gasteiger partial charge in [-0.2, -0.15) is 16.9 Å². The zero-order chi connectivity index (χ0) is 19.8. The first kappa shape index (κ1) is 21.0. The number of nitrogens with zero attached hydrogens (tertiary/aromatic N) is 2. The SMILES string of the molecule is COC(=O)[C@@H](CCSC)NC(=O)Cn1nc(-c2ccccc2Cl)ccc1=O. The van der Waals surface area contributed by atoms with E-state index in [1.165, 1.54) is 13.2 Å². The molecular weight excluding hydrogens is 390 g/mol. The second kappa shape index (κ2) is 10.1. The van der Waals surface area contributed by atoms with Crippen LogP contribution in [0.1, 0.15) is 6.42 Å². The normalized spacial score (nSPS) is 11.7. The summed E-state index contributed by atoms with van der Waals surface area (Å²) in [5, 5.41) is 7.30. The van der Waals surface area contributed by atoms with Gasteiger partial charge in [0.05, 0.1) is 17.8 Å². The second-order valence-corrected chi connectivity index (χ2v) is 7.01. The maximum Gasteiger partial charge on any atom is 0.328 e. The highest BCUT2D eigenvalue weighted by atomic mass is 35.5. The molecule has 0 saturated carbocycles. The molecule has 27 heavy (non-hydrogen) atoms. The van der Waals surface area contributed by atoms with Crippen LogP contribution < -0.4 is 10.9 Å². The average Bonchev–Trinajstić information content (AvgIpc) is 2.66. The minimum Gasteiger partial charge on any atom is -0.467 e. The van der Waals surface area contributed by atoms with Crippen LogP contribution in [-0.2, 0) is 20.9 Å². The van der Waals surface area contributed by atoms with Crippen molar-refractivity contribution in [2.75, 3.05) is 19.1 Å². The van der Waals surface area contributed by atoms with Gasteiger partial charge in [-0.25, -0.2) is 9.48 Å². The van der Waals surface area contributed by atoms with Crippen LogP contribution in [-0.4, -0.2) is 46.8 Å². The van der Waals surface area contributed by atoms with Gasteiger partial charge >= 0.3 is 5.97 Å². The number of esters is 1. The fraction of sp³-hybridized carbons (Fsp3) is 0.333. The number of hydrogen-bond acceptors (Lipinski definition) is 6. The number of nitrogens with one attached hydrogen (secondary N) is 1. The Balaban J connectivity index is 2.17. The maximum atomic E-state index is 12.3. The zero-order valence-corrected chi connectivity index (χ0v) is 16.5. The number of hydrogen-bond donors (Lipinski definition) is 1. The Kier molecular flexibility index (Phi) is 7.87. The highest BCUT2D eigenvalue weighted by Gasteiger charge is 2.21. The molecule has 0 saturated heterocycles. The van der Waals surface area contributed by atoms with E-state index in [1.807, 2.05) is 6.26 Å². The largest absolute Gasteiger partial charge is 0.467 e. The van der Waals surface area contributed by atoms with Gasteiger partial charge < -0.3 is 10.1 Å². The van der Waals surface area contributed by atoms with Crippen LogP contribution in [0.2, 0.25) is 5.02 Å². The second-order valence-electron chi connectivity index (χ2n) is 5.62. The summed E-state index contributed by atoms with van der Waals surface area (Å²) in [6.45, 7) is -0.316. The van der Waals surface area contributed by atoms with Crippen LogP contribution in [0.3, 0.4) is 0 Å². The molecular formula is C18H20ClN3O4S. The van der Waals surface area contributed by atoms with Gasteiger partial charge in [-0.15, -0.1) is 0 Å². The molecule has 0 bridgehead atoms. The van der Waals surface area contributed by atoms with Gasteiger partial charge in [-0.3, -0.25) is 9.59 Å². The molecule has 0 aliphatic carbocycles. The molecule has 2 aromatic rings. The fourth-order valence-corrected chi connectivity index (χ4v) is 3.08. The van der Waals surface area contributed by atoms with Gasteiger partial charge in [0, 0.05) is 11.6 Å². The molecule has 1 heterocycles. The quantitative estimate of drug-likeness (QED) is 0.670. The molecule has 9 heteroatoms. The number of methoxy groups -OCH3 is 1. The molecule has 0 aliphatic rings. The van der Waals surface area contributed by atoms with E-state index in [9.17, 15) is 14.4 Å². The van der Waals surface area contributed by atoms with E-state index in [0.717, 1.165) is 4.68 Å². The van der Waals surface area contributed by atoms with E-state index >= 15 is 0 Å². The number of aromatic nitrogens is 2. The smallest absolute Gasteiger partial charge is 0.328 e. The Morgan fingerprint density at radius 1 is 1.30 bits per heavy atom. The Bertz CT molecular complexity index is 872. The number of carbonyl (C=O) groups excluding carboxylic acids is 2. The van der Waals surface area contributed by atoms with Crippen molar-refractivity contribution in [2.45, 2.75) is 19.0 Å². The average molecular weight is 410 g/mol. The fourth-order valence-electron chi connectivity index (χ4n) is 2.38. The minimum atomic E-state index is -0.766. The lowest BCUT2D eigenvalue weighted by atomic mass is 10.1. The van der Waals surface area contributed by atoms with Crippen LogP contribution >= 0.6 is 23.4 Å². The number of thioether (sulfide) groups is 1. The molecule has 0 radical (unpaired) electrons. The van der Waals surface area contributed by atoms with E-state index in [1.54, 1.807) is 42.1 Å². The number of carbonyl (C=O) groups is 2. The minimum absolute atomic E-state index is 0.316. The predicted molar refractivity (Wildman–Crippen MR) is 106 cm³/mol. The molecule has 1 amide bonds. The van der Waals surface area contributed by atoms with Crippen LogP contribution in [0.4, 0.5) is 0 Å². The Morgan fingerprint density at radius 2 is 2.04 bits per heavy atom. The van der Waals surface area contributed by atoms with Crippen LogP contribution in [0.5, 0.6) is 0 Å². The van der Waals surface area contributed by atoms with Crippen molar-refractivity contribution >= 4 is 35.2 Å². The highest BCUT2D eigenvalue weighted by molar-refractivity contribution is 7.98. The van der Waals surface area contributed by atoms with Crippen LogP contribution in [0, 0.1) is 0 Å². The van der Waals surface area contributed by atoms with Gasteiger partial charge in [0.2, 0.25) is 5.91 Å². The van der Waals surface area contributed by atoms with Gasteiger partial charge in [-0.05, 0) is 30.6 Å². The lowest BCUT2D eigenvalue weighted by Gasteiger charge is -2.16. The molecule has 1 atom stereocenters. The summed E-state index contributed by atoms with van der Waals surface area (Å²) in [5.41, 5.74) is 0.695. The highest BCUT2D eigenvalue weighted by Crippen LogP contribution is 2.24. The van der Waals surface area contributed by atoms with Crippen molar-refractivity contribution in [2.24, 2.45) is 0 Å². The lowest BCUT2D eigenvalue weighted by Crippen LogP contribution is -2.44. The molecule has 1 N–H and O–H groups in total. The molecule has 7 nitrogen and oxygen atoms in total. The summed E-state index contributed by atoms with van der Waals surface area (Å²) in [5.74, 6) is -0.347. The molecule has 0 unspecified atom stereocenters. The summed E-state index contributed by atoms with van der Waals surface area (Å²) in [4.78, 5) is 36.2. The summed E-state index contributed by atoms with van der Waals surface area (Å²) >= 11 is 7.72. The topological polar surface area (TPSA) is 90.3 Å². The van der Waals surface area contributed by atoms with E-state index in [-0.39, 0.29) is 6.54 Å². The molecule has 0 spiro atoms. The van der Waals surface area contributed by atoms with Crippen LogP contribution in [0.15, 0.2) is 41.2 Å². The van der Waals surface area contributed by atoms with Gasteiger partial charge in [0.25, 0.3) is 5.56 Å². The maximum absolute atomic E-state index is 12.3. The number of halogens is 1. The van der Waals surface area contributed by atoms with Gasteiger partial charge in [0.15, 0.2) is 0 Å². The molecule has 2 rings (SSSR count). The van der Waals surface area contributed by atoms with E-state index in [2.05, 4.69) is 10.4 Å². The monoisotopic (exact) mass is 409 g/mol. The first-order valence-corrected chi connectivity index (χ1v) is 9.92. The van der Waals surface area contributed by atoms with Gasteiger partial charge in [-0.1, -0.05) is 29.8 Å². The van der Waals surface area contributed by atoms with E-state index in [4.69, 9.17) is 16.3 Å². The Morgan fingerprint density at radius 3 is 2.70 bits per heavy atom. The molecule has 0 aliphatic heterocycles. The predicted octanol–water partition coefficient (Wildman–Crippen LogP) is 1.97. The number of amides is 1. The van der Waals surface area contributed by atoms with Crippen LogP contribution in [0.25, 0.3) is 11.3 Å². The lowest BCUT2D eigenvalue weighted by molar-refractivity contribution is -0.145. The van der Waals surface area contributed by atoms with Crippen molar-refractivity contribution in [3.05, 3.63) is 51.8 Å². The summed E-state index contributed by atoms with van der Waals surface area (Å²) in [6, 6.07) is 9.19. The molecule has 1 aromatic heterocycles.